The van der Waals surface area contributed by atoms with Crippen LogP contribution in [0, 0.1) is 0 Å². The van der Waals surface area contributed by atoms with Gasteiger partial charge in [-0.05, 0) is 18.2 Å². The molecular weight excluding hydrogens is 182 g/mol. The summed E-state index contributed by atoms with van der Waals surface area (Å²) in [5, 5.41) is 0.780. The van der Waals surface area contributed by atoms with Crippen LogP contribution >= 0.6 is 0 Å². The Morgan fingerprint density at radius 2 is 2.29 bits per heavy atom. The van der Waals surface area contributed by atoms with Gasteiger partial charge in [-0.3, -0.25) is 9.63 Å². The van der Waals surface area contributed by atoms with Crippen LogP contribution in [-0.4, -0.2) is 13.0 Å². The van der Waals surface area contributed by atoms with E-state index in [2.05, 4.69) is 10.3 Å². The number of furan rings is 1. The van der Waals surface area contributed by atoms with Crippen LogP contribution in [0.3, 0.4) is 0 Å². The van der Waals surface area contributed by atoms with Crippen LogP contribution < -0.4 is 5.48 Å². The fourth-order valence-corrected chi connectivity index (χ4v) is 1.34. The number of hydroxylamine groups is 1. The van der Waals surface area contributed by atoms with Gasteiger partial charge >= 0.3 is 0 Å². The quantitative estimate of drug-likeness (QED) is 0.735. The Morgan fingerprint density at radius 3 is 3.07 bits per heavy atom. The first-order chi connectivity index (χ1) is 6.83. The molecule has 1 N–H and O–H groups in total. The van der Waals surface area contributed by atoms with Gasteiger partial charge in [0.15, 0.2) is 0 Å². The van der Waals surface area contributed by atoms with Crippen LogP contribution in [0.2, 0.25) is 0 Å². The number of hydrogen-bond donors (Lipinski definition) is 1. The molecule has 0 spiro atoms. The summed E-state index contributed by atoms with van der Waals surface area (Å²) in [6, 6.07) is 7.03. The Bertz CT molecular complexity index is 461. The summed E-state index contributed by atoms with van der Waals surface area (Å²) in [5.74, 6) is -0.278. The first-order valence-corrected chi connectivity index (χ1v) is 4.12. The molecule has 2 aromatic rings. The molecule has 4 nitrogen and oxygen atoms in total. The number of fused-ring (bicyclic) bond motifs is 1. The van der Waals surface area contributed by atoms with Crippen molar-refractivity contribution in [2.75, 3.05) is 7.11 Å². The number of rotatable bonds is 2. The molecule has 0 unspecified atom stereocenters. The van der Waals surface area contributed by atoms with Crippen molar-refractivity contribution in [2.45, 2.75) is 0 Å². The number of carbonyl (C=O) groups excluding carboxylic acids is 1. The highest BCUT2D eigenvalue weighted by molar-refractivity contribution is 6.05. The van der Waals surface area contributed by atoms with Gasteiger partial charge in [-0.25, -0.2) is 5.48 Å². The van der Waals surface area contributed by atoms with Crippen LogP contribution in [0.1, 0.15) is 10.4 Å². The molecular formula is C10H9NO3. The van der Waals surface area contributed by atoms with Gasteiger partial charge in [0.1, 0.15) is 5.58 Å². The van der Waals surface area contributed by atoms with Crippen molar-refractivity contribution < 1.29 is 14.0 Å². The predicted molar refractivity (Wildman–Crippen MR) is 50.7 cm³/mol. The zero-order valence-electron chi connectivity index (χ0n) is 7.61. The first-order valence-electron chi connectivity index (χ1n) is 4.12. The van der Waals surface area contributed by atoms with Gasteiger partial charge in [-0.15, -0.1) is 0 Å². The van der Waals surface area contributed by atoms with Crippen molar-refractivity contribution in [3.05, 3.63) is 36.1 Å². The third-order valence-corrected chi connectivity index (χ3v) is 1.94. The average molecular weight is 191 g/mol. The maximum absolute atomic E-state index is 11.5. The molecule has 1 aromatic carbocycles. The number of benzene rings is 1. The van der Waals surface area contributed by atoms with E-state index >= 15 is 0 Å². The smallest absolute Gasteiger partial charge is 0.275 e. The van der Waals surface area contributed by atoms with Gasteiger partial charge in [-0.1, -0.05) is 6.07 Å². The van der Waals surface area contributed by atoms with E-state index in [0.29, 0.717) is 11.1 Å². The Morgan fingerprint density at radius 1 is 1.43 bits per heavy atom. The van der Waals surface area contributed by atoms with E-state index in [9.17, 15) is 4.79 Å². The zero-order valence-corrected chi connectivity index (χ0v) is 7.61. The van der Waals surface area contributed by atoms with Gasteiger partial charge in [0.05, 0.1) is 18.9 Å². The Kier molecular flexibility index (Phi) is 2.20. The lowest BCUT2D eigenvalue weighted by molar-refractivity contribution is 0.0539. The molecule has 0 saturated heterocycles. The topological polar surface area (TPSA) is 51.5 Å². The standard InChI is InChI=1S/C10H9NO3/c1-13-11-10(12)8-3-2-4-9-7(8)5-6-14-9/h2-6H,1H3,(H,11,12). The second-order valence-electron chi connectivity index (χ2n) is 2.77. The van der Waals surface area contributed by atoms with E-state index in [1.165, 1.54) is 7.11 Å². The minimum absolute atomic E-state index is 0.278. The molecule has 1 amide bonds. The highest BCUT2D eigenvalue weighted by Crippen LogP contribution is 2.19. The largest absolute Gasteiger partial charge is 0.464 e. The van der Waals surface area contributed by atoms with Crippen molar-refractivity contribution in [1.29, 1.82) is 0 Å². The van der Waals surface area contributed by atoms with Crippen molar-refractivity contribution in [3.8, 4) is 0 Å². The number of hydrogen-bond acceptors (Lipinski definition) is 3. The van der Waals surface area contributed by atoms with E-state index in [-0.39, 0.29) is 5.91 Å². The van der Waals surface area contributed by atoms with Gasteiger partial charge in [0.2, 0.25) is 0 Å². The molecule has 0 aliphatic rings. The lowest BCUT2D eigenvalue weighted by Crippen LogP contribution is -2.21. The van der Waals surface area contributed by atoms with Gasteiger partial charge in [-0.2, -0.15) is 0 Å². The normalized spacial score (nSPS) is 10.4. The molecule has 0 saturated carbocycles. The first kappa shape index (κ1) is 8.77. The van der Waals surface area contributed by atoms with Crippen molar-refractivity contribution in [3.63, 3.8) is 0 Å². The lowest BCUT2D eigenvalue weighted by atomic mass is 10.1. The maximum Gasteiger partial charge on any atom is 0.275 e. The molecule has 0 atom stereocenters. The molecule has 2 rings (SSSR count). The molecule has 1 aromatic heterocycles. The van der Waals surface area contributed by atoms with Crippen molar-refractivity contribution in [2.24, 2.45) is 0 Å². The summed E-state index contributed by atoms with van der Waals surface area (Å²) < 4.78 is 5.17. The molecule has 0 radical (unpaired) electrons. The molecule has 0 fully saturated rings. The van der Waals surface area contributed by atoms with Crippen LogP contribution in [0.5, 0.6) is 0 Å². The second-order valence-corrected chi connectivity index (χ2v) is 2.77. The Hall–Kier alpha value is -1.81. The average Bonchev–Trinajstić information content (AvgIpc) is 2.65. The Balaban J connectivity index is 2.50. The molecule has 4 heteroatoms. The minimum atomic E-state index is -0.278. The summed E-state index contributed by atoms with van der Waals surface area (Å²) >= 11 is 0. The van der Waals surface area contributed by atoms with Crippen LogP contribution in [0.4, 0.5) is 0 Å². The summed E-state index contributed by atoms with van der Waals surface area (Å²) in [5.41, 5.74) is 3.49. The summed E-state index contributed by atoms with van der Waals surface area (Å²) in [7, 11) is 1.40. The summed E-state index contributed by atoms with van der Waals surface area (Å²) in [4.78, 5) is 16.0. The molecule has 1 heterocycles. The highest BCUT2D eigenvalue weighted by Gasteiger charge is 2.10. The zero-order chi connectivity index (χ0) is 9.97. The van der Waals surface area contributed by atoms with Crippen LogP contribution in [0.25, 0.3) is 11.0 Å². The van der Waals surface area contributed by atoms with Crippen LogP contribution in [0.15, 0.2) is 34.9 Å². The van der Waals surface area contributed by atoms with Crippen molar-refractivity contribution >= 4 is 16.9 Å². The minimum Gasteiger partial charge on any atom is -0.464 e. The number of carbonyl (C=O) groups is 1. The fourth-order valence-electron chi connectivity index (χ4n) is 1.34. The third kappa shape index (κ3) is 1.36. The number of amides is 1. The molecule has 14 heavy (non-hydrogen) atoms. The SMILES string of the molecule is CONC(=O)c1cccc2occc12. The van der Waals surface area contributed by atoms with E-state index in [4.69, 9.17) is 4.42 Å². The second kappa shape index (κ2) is 3.51. The van der Waals surface area contributed by atoms with E-state index in [1.54, 1.807) is 30.5 Å². The molecule has 0 aliphatic heterocycles. The lowest BCUT2D eigenvalue weighted by Gasteiger charge is -2.02. The van der Waals surface area contributed by atoms with Gasteiger partial charge in [0, 0.05) is 5.39 Å². The summed E-state index contributed by atoms with van der Waals surface area (Å²) in [6.07, 6.45) is 1.55. The van der Waals surface area contributed by atoms with Gasteiger partial charge < -0.3 is 4.42 Å². The molecule has 72 valence electrons. The fraction of sp³-hybridized carbons (Fsp3) is 0.100. The van der Waals surface area contributed by atoms with Crippen LogP contribution in [-0.2, 0) is 4.84 Å². The predicted octanol–water partition coefficient (Wildman–Crippen LogP) is 1.72. The van der Waals surface area contributed by atoms with E-state index in [1.807, 2.05) is 0 Å². The van der Waals surface area contributed by atoms with E-state index in [0.717, 1.165) is 5.39 Å². The monoisotopic (exact) mass is 191 g/mol. The van der Waals surface area contributed by atoms with Gasteiger partial charge in [0.25, 0.3) is 5.91 Å². The third-order valence-electron chi connectivity index (χ3n) is 1.94. The summed E-state index contributed by atoms with van der Waals surface area (Å²) in [6.45, 7) is 0. The maximum atomic E-state index is 11.5. The molecule has 0 aliphatic carbocycles. The molecule has 0 bridgehead atoms. The number of nitrogens with one attached hydrogen (secondary N) is 1. The van der Waals surface area contributed by atoms with Crippen molar-refractivity contribution in [1.82, 2.24) is 5.48 Å². The van der Waals surface area contributed by atoms with E-state index < -0.39 is 0 Å². The highest BCUT2D eigenvalue weighted by atomic mass is 16.6. The Labute approximate surface area is 80.4 Å².